The van der Waals surface area contributed by atoms with Crippen LogP contribution in [0.2, 0.25) is 0 Å². The molecule has 0 bridgehead atoms. The van der Waals surface area contributed by atoms with Crippen LogP contribution < -0.4 is 0 Å². The van der Waals surface area contributed by atoms with Gasteiger partial charge in [0.25, 0.3) is 0 Å². The summed E-state index contributed by atoms with van der Waals surface area (Å²) < 4.78 is 4.03. The Morgan fingerprint density at radius 3 is 1.80 bits per heavy atom. The molecule has 0 spiro atoms. The van der Waals surface area contributed by atoms with E-state index in [0.29, 0.717) is 0 Å². The van der Waals surface area contributed by atoms with E-state index >= 15 is 0 Å². The lowest BCUT2D eigenvalue weighted by Gasteiger charge is -2.01. The molecule has 0 heterocycles. The quantitative estimate of drug-likeness (QED) is 0.507. The number of benzene rings is 1. The third kappa shape index (κ3) is 2.20. The second-order valence-corrected chi connectivity index (χ2v) is 5.56. The molecule has 0 aliphatic rings. The normalized spacial score (nSPS) is 10.0. The van der Waals surface area contributed by atoms with E-state index in [9.17, 15) is 0 Å². The lowest BCUT2D eigenvalue weighted by molar-refractivity contribution is 1.37. The van der Waals surface area contributed by atoms with Crippen LogP contribution in [0.4, 0.5) is 0 Å². The fourth-order valence-electron chi connectivity index (χ4n) is 0.614. The van der Waals surface area contributed by atoms with Crippen LogP contribution in [0.15, 0.2) is 12.1 Å². The Bertz CT molecular complexity index is 232. The maximum absolute atomic E-state index is 2.37. The summed E-state index contributed by atoms with van der Waals surface area (Å²) in [4.78, 5) is 0. The fourth-order valence-corrected chi connectivity index (χ4v) is 4.20. The topological polar surface area (TPSA) is 0 Å². The Hall–Kier alpha value is 1.41. The maximum atomic E-state index is 2.37. The highest BCUT2D eigenvalue weighted by molar-refractivity contribution is 14.1. The van der Waals surface area contributed by atoms with Gasteiger partial charge in [0.2, 0.25) is 0 Å². The van der Waals surface area contributed by atoms with Gasteiger partial charge in [-0.25, -0.2) is 0 Å². The summed E-state index contributed by atoms with van der Waals surface area (Å²) in [6.45, 7) is 2.15. The van der Waals surface area contributed by atoms with Crippen LogP contribution in [-0.2, 0) is 0 Å². The average molecular weight is 470 g/mol. The van der Waals surface area contributed by atoms with Crippen molar-refractivity contribution < 1.29 is 0 Å². The summed E-state index contributed by atoms with van der Waals surface area (Å²) in [5.74, 6) is 0. The minimum atomic E-state index is 1.32. The average Bonchev–Trinajstić information content (AvgIpc) is 1.82. The summed E-state index contributed by atoms with van der Waals surface area (Å²) in [6.07, 6.45) is 0. The minimum Gasteiger partial charge on any atom is -0.0442 e. The second kappa shape index (κ2) is 3.88. The van der Waals surface area contributed by atoms with Crippen LogP contribution in [0.25, 0.3) is 0 Å². The predicted octanol–water partition coefficient (Wildman–Crippen LogP) is 3.81. The van der Waals surface area contributed by atoms with Crippen LogP contribution in [0.1, 0.15) is 5.56 Å². The molecule has 0 N–H and O–H groups in total. The van der Waals surface area contributed by atoms with Gasteiger partial charge in [-0.2, -0.15) is 0 Å². The molecule has 1 rings (SSSR count). The number of halogens is 3. The largest absolute Gasteiger partial charge is 0.0442 e. The minimum absolute atomic E-state index is 1.32. The van der Waals surface area contributed by atoms with Gasteiger partial charge in [0.15, 0.2) is 0 Å². The fraction of sp³-hybridized carbons (Fsp3) is 0.143. The number of hydrogen-bond acceptors (Lipinski definition) is 0. The van der Waals surface area contributed by atoms with E-state index in [0.717, 1.165) is 0 Å². The molecule has 0 unspecified atom stereocenters. The highest BCUT2D eigenvalue weighted by Gasteiger charge is 1.99. The van der Waals surface area contributed by atoms with Crippen molar-refractivity contribution >= 4 is 67.8 Å². The van der Waals surface area contributed by atoms with E-state index in [-0.39, 0.29) is 0 Å². The third-order valence-electron chi connectivity index (χ3n) is 1.25. The molecule has 0 aliphatic carbocycles. The van der Waals surface area contributed by atoms with Gasteiger partial charge in [0.05, 0.1) is 0 Å². The highest BCUT2D eigenvalue weighted by Crippen LogP contribution is 2.21. The van der Waals surface area contributed by atoms with Crippen molar-refractivity contribution in [3.05, 3.63) is 28.4 Å². The molecule has 0 nitrogen and oxygen atoms in total. The lowest BCUT2D eigenvalue weighted by atomic mass is 10.2. The SMILES string of the molecule is Cc1c(I)cc(I)cc1I. The molecule has 1 aromatic carbocycles. The molecular formula is C7H5I3. The molecule has 0 radical (unpaired) electrons. The Labute approximate surface area is 102 Å². The van der Waals surface area contributed by atoms with E-state index in [2.05, 4.69) is 86.8 Å². The first-order valence-electron chi connectivity index (χ1n) is 2.72. The van der Waals surface area contributed by atoms with E-state index < -0.39 is 0 Å². The first-order chi connectivity index (χ1) is 4.61. The van der Waals surface area contributed by atoms with Gasteiger partial charge in [0, 0.05) is 10.7 Å². The molecule has 0 saturated carbocycles. The first kappa shape index (κ1) is 9.50. The summed E-state index contributed by atoms with van der Waals surface area (Å²) in [7, 11) is 0. The monoisotopic (exact) mass is 470 g/mol. The van der Waals surface area contributed by atoms with Gasteiger partial charge < -0.3 is 0 Å². The van der Waals surface area contributed by atoms with Gasteiger partial charge >= 0.3 is 0 Å². The lowest BCUT2D eigenvalue weighted by Crippen LogP contribution is -1.86. The molecule has 10 heavy (non-hydrogen) atoms. The van der Waals surface area contributed by atoms with Crippen molar-refractivity contribution in [1.29, 1.82) is 0 Å². The van der Waals surface area contributed by atoms with Crippen molar-refractivity contribution in [2.45, 2.75) is 6.92 Å². The number of hydrogen-bond donors (Lipinski definition) is 0. The van der Waals surface area contributed by atoms with Gasteiger partial charge in [-0.15, -0.1) is 0 Å². The molecule has 0 atom stereocenters. The van der Waals surface area contributed by atoms with Crippen molar-refractivity contribution in [3.8, 4) is 0 Å². The molecule has 1 aromatic rings. The van der Waals surface area contributed by atoms with Crippen LogP contribution in [0.5, 0.6) is 0 Å². The van der Waals surface area contributed by atoms with Gasteiger partial charge in [-0.1, -0.05) is 0 Å². The Balaban J connectivity index is 3.31. The summed E-state index contributed by atoms with van der Waals surface area (Å²) in [6, 6.07) is 4.39. The maximum Gasteiger partial charge on any atom is 0.0180 e. The smallest absolute Gasteiger partial charge is 0.0180 e. The van der Waals surface area contributed by atoms with E-state index in [1.54, 1.807) is 0 Å². The standard InChI is InChI=1S/C7H5I3/c1-4-6(9)2-5(8)3-7(4)10/h2-3H,1H3. The Kier molecular flexibility index (Phi) is 3.69. The van der Waals surface area contributed by atoms with Crippen LogP contribution >= 0.6 is 67.8 Å². The molecular weight excluding hydrogens is 465 g/mol. The zero-order valence-electron chi connectivity index (χ0n) is 5.29. The summed E-state index contributed by atoms with van der Waals surface area (Å²) in [5, 5.41) is 0. The van der Waals surface area contributed by atoms with E-state index in [1.807, 2.05) is 0 Å². The predicted molar refractivity (Wildman–Crippen MR) is 69.3 cm³/mol. The zero-order valence-corrected chi connectivity index (χ0v) is 11.8. The van der Waals surface area contributed by atoms with Crippen molar-refractivity contribution in [3.63, 3.8) is 0 Å². The van der Waals surface area contributed by atoms with Crippen molar-refractivity contribution in [2.24, 2.45) is 0 Å². The Morgan fingerprint density at radius 2 is 1.40 bits per heavy atom. The van der Waals surface area contributed by atoms with Crippen LogP contribution in [0.3, 0.4) is 0 Å². The van der Waals surface area contributed by atoms with Gasteiger partial charge in [-0.3, -0.25) is 0 Å². The number of rotatable bonds is 0. The van der Waals surface area contributed by atoms with Gasteiger partial charge in [-0.05, 0) is 92.4 Å². The molecule has 0 amide bonds. The molecule has 0 aromatic heterocycles. The highest BCUT2D eigenvalue weighted by atomic mass is 127. The molecule has 0 fully saturated rings. The van der Waals surface area contributed by atoms with Crippen molar-refractivity contribution in [2.75, 3.05) is 0 Å². The zero-order chi connectivity index (χ0) is 7.72. The van der Waals surface area contributed by atoms with Crippen LogP contribution in [0, 0.1) is 17.6 Å². The van der Waals surface area contributed by atoms with E-state index in [4.69, 9.17) is 0 Å². The Morgan fingerprint density at radius 1 is 1.00 bits per heavy atom. The van der Waals surface area contributed by atoms with E-state index in [1.165, 1.54) is 16.3 Å². The second-order valence-electron chi connectivity index (χ2n) is 1.99. The first-order valence-corrected chi connectivity index (χ1v) is 5.96. The molecule has 0 aliphatic heterocycles. The van der Waals surface area contributed by atoms with Crippen LogP contribution in [-0.4, -0.2) is 0 Å². The summed E-state index contributed by atoms with van der Waals surface area (Å²) in [5.41, 5.74) is 1.39. The molecule has 3 heteroatoms. The van der Waals surface area contributed by atoms with Crippen molar-refractivity contribution in [1.82, 2.24) is 0 Å². The summed E-state index contributed by atoms with van der Waals surface area (Å²) >= 11 is 7.07. The molecule has 54 valence electrons. The molecule has 0 saturated heterocycles. The van der Waals surface area contributed by atoms with Gasteiger partial charge in [0.1, 0.15) is 0 Å². The third-order valence-corrected chi connectivity index (χ3v) is 4.11.